The first kappa shape index (κ1) is 14.5. The fourth-order valence-electron chi connectivity index (χ4n) is 2.39. The summed E-state index contributed by atoms with van der Waals surface area (Å²) in [5.41, 5.74) is 0.395. The Kier molecular flexibility index (Phi) is 4.34. The lowest BCUT2D eigenvalue weighted by Crippen LogP contribution is -2.44. The Bertz CT molecular complexity index is 491. The van der Waals surface area contributed by atoms with E-state index in [1.807, 2.05) is 14.1 Å². The fourth-order valence-corrected chi connectivity index (χ4v) is 2.39. The minimum atomic E-state index is -1.04. The maximum absolute atomic E-state index is 12.3. The molecule has 1 aliphatic heterocycles. The molecule has 0 unspecified atom stereocenters. The van der Waals surface area contributed by atoms with Gasteiger partial charge in [0, 0.05) is 25.3 Å². The highest BCUT2D eigenvalue weighted by Crippen LogP contribution is 2.16. The summed E-state index contributed by atoms with van der Waals surface area (Å²) in [5.74, 6) is -1.16. The molecule has 0 radical (unpaired) electrons. The monoisotopic (exact) mass is 277 g/mol. The lowest BCUT2D eigenvalue weighted by Gasteiger charge is -2.35. The summed E-state index contributed by atoms with van der Waals surface area (Å²) in [6.07, 6.45) is 3.13. The second kappa shape index (κ2) is 6.00. The molecule has 6 nitrogen and oxygen atoms in total. The van der Waals surface area contributed by atoms with E-state index in [9.17, 15) is 9.59 Å². The molecule has 1 aromatic heterocycles. The number of aromatic carboxylic acids is 1. The van der Waals surface area contributed by atoms with Crippen LogP contribution < -0.4 is 0 Å². The van der Waals surface area contributed by atoms with E-state index >= 15 is 0 Å². The number of piperidine rings is 1. The topological polar surface area (TPSA) is 73.7 Å². The van der Waals surface area contributed by atoms with Crippen molar-refractivity contribution < 1.29 is 14.7 Å². The summed E-state index contributed by atoms with van der Waals surface area (Å²) in [7, 11) is 4.10. The summed E-state index contributed by atoms with van der Waals surface area (Å²) >= 11 is 0. The second-order valence-electron chi connectivity index (χ2n) is 5.22. The van der Waals surface area contributed by atoms with E-state index in [-0.39, 0.29) is 11.5 Å². The summed E-state index contributed by atoms with van der Waals surface area (Å²) in [4.78, 5) is 30.9. The molecule has 20 heavy (non-hydrogen) atoms. The average molecular weight is 277 g/mol. The van der Waals surface area contributed by atoms with E-state index in [1.54, 1.807) is 4.90 Å². The number of rotatable bonds is 3. The van der Waals surface area contributed by atoms with Crippen molar-refractivity contribution in [2.45, 2.75) is 18.9 Å². The predicted octanol–water partition coefficient (Wildman–Crippen LogP) is 0.946. The molecule has 0 atom stereocenters. The van der Waals surface area contributed by atoms with E-state index in [4.69, 9.17) is 5.11 Å². The van der Waals surface area contributed by atoms with Gasteiger partial charge in [0.15, 0.2) is 0 Å². The molecule has 1 saturated heterocycles. The van der Waals surface area contributed by atoms with Crippen LogP contribution in [0.1, 0.15) is 33.7 Å². The highest BCUT2D eigenvalue weighted by Gasteiger charge is 2.25. The van der Waals surface area contributed by atoms with Crippen LogP contribution in [0.25, 0.3) is 0 Å². The Morgan fingerprint density at radius 3 is 2.40 bits per heavy atom. The molecule has 2 heterocycles. The van der Waals surface area contributed by atoms with Gasteiger partial charge >= 0.3 is 5.97 Å². The van der Waals surface area contributed by atoms with Crippen LogP contribution in [0, 0.1) is 0 Å². The number of amides is 1. The van der Waals surface area contributed by atoms with Crippen LogP contribution in [-0.2, 0) is 0 Å². The molecule has 1 N–H and O–H groups in total. The van der Waals surface area contributed by atoms with Gasteiger partial charge in [-0.05, 0) is 39.1 Å². The molecule has 0 saturated carbocycles. The number of carboxylic acids is 1. The normalized spacial score (nSPS) is 16.4. The van der Waals surface area contributed by atoms with Gasteiger partial charge in [0.25, 0.3) is 5.91 Å². The predicted molar refractivity (Wildman–Crippen MR) is 73.8 cm³/mol. The van der Waals surface area contributed by atoms with Gasteiger partial charge in [-0.1, -0.05) is 0 Å². The SMILES string of the molecule is CN(C)C1CCN(C(=O)c2ccc(C(=O)O)cn2)CC1. The van der Waals surface area contributed by atoms with E-state index in [1.165, 1.54) is 18.3 Å². The van der Waals surface area contributed by atoms with Crippen LogP contribution in [0.2, 0.25) is 0 Å². The maximum atomic E-state index is 12.3. The largest absolute Gasteiger partial charge is 0.478 e. The number of hydrogen-bond acceptors (Lipinski definition) is 4. The van der Waals surface area contributed by atoms with Crippen molar-refractivity contribution in [1.29, 1.82) is 0 Å². The quantitative estimate of drug-likeness (QED) is 0.890. The summed E-state index contributed by atoms with van der Waals surface area (Å²) in [6, 6.07) is 3.40. The third kappa shape index (κ3) is 3.14. The molecule has 0 spiro atoms. The highest BCUT2D eigenvalue weighted by molar-refractivity contribution is 5.93. The van der Waals surface area contributed by atoms with E-state index in [0.717, 1.165) is 12.8 Å². The van der Waals surface area contributed by atoms with Crippen LogP contribution in [0.4, 0.5) is 0 Å². The number of carboxylic acid groups (broad SMARTS) is 1. The Labute approximate surface area is 118 Å². The molecule has 2 rings (SSSR count). The molecular formula is C14H19N3O3. The number of hydrogen-bond donors (Lipinski definition) is 1. The molecule has 0 bridgehead atoms. The summed E-state index contributed by atoms with van der Waals surface area (Å²) in [6.45, 7) is 1.42. The zero-order valence-corrected chi connectivity index (χ0v) is 11.7. The van der Waals surface area contributed by atoms with Crippen molar-refractivity contribution >= 4 is 11.9 Å². The number of pyridine rings is 1. The lowest BCUT2D eigenvalue weighted by atomic mass is 10.0. The molecule has 1 fully saturated rings. The first-order chi connectivity index (χ1) is 9.49. The van der Waals surface area contributed by atoms with E-state index in [2.05, 4.69) is 9.88 Å². The van der Waals surface area contributed by atoms with Crippen LogP contribution >= 0.6 is 0 Å². The number of carbonyl (C=O) groups is 2. The van der Waals surface area contributed by atoms with Crippen molar-refractivity contribution in [3.05, 3.63) is 29.6 Å². The molecule has 1 amide bonds. The number of carbonyl (C=O) groups excluding carboxylic acids is 1. The van der Waals surface area contributed by atoms with Gasteiger partial charge in [0.1, 0.15) is 5.69 Å². The van der Waals surface area contributed by atoms with Gasteiger partial charge in [-0.3, -0.25) is 9.78 Å². The van der Waals surface area contributed by atoms with Crippen molar-refractivity contribution in [3.63, 3.8) is 0 Å². The van der Waals surface area contributed by atoms with Crippen molar-refractivity contribution in [3.8, 4) is 0 Å². The van der Waals surface area contributed by atoms with Crippen LogP contribution in [0.15, 0.2) is 18.3 Å². The van der Waals surface area contributed by atoms with Crippen molar-refractivity contribution in [1.82, 2.24) is 14.8 Å². The highest BCUT2D eigenvalue weighted by atomic mass is 16.4. The van der Waals surface area contributed by atoms with Crippen molar-refractivity contribution in [2.24, 2.45) is 0 Å². The van der Waals surface area contributed by atoms with E-state index < -0.39 is 5.97 Å². The standard InChI is InChI=1S/C14H19N3O3/c1-16(2)11-5-7-17(8-6-11)13(18)12-4-3-10(9-15-12)14(19)20/h3-4,9,11H,5-8H2,1-2H3,(H,19,20). The molecule has 0 aromatic carbocycles. The Balaban J connectivity index is 2.00. The Morgan fingerprint density at radius 2 is 1.95 bits per heavy atom. The van der Waals surface area contributed by atoms with Gasteiger partial charge in [-0.2, -0.15) is 0 Å². The fraction of sp³-hybridized carbons (Fsp3) is 0.500. The van der Waals surface area contributed by atoms with Gasteiger partial charge in [-0.15, -0.1) is 0 Å². The van der Waals surface area contributed by atoms with Gasteiger partial charge in [0.05, 0.1) is 5.56 Å². The van der Waals surface area contributed by atoms with Gasteiger partial charge < -0.3 is 14.9 Å². The number of likely N-dealkylation sites (tertiary alicyclic amines) is 1. The van der Waals surface area contributed by atoms with Crippen LogP contribution in [0.5, 0.6) is 0 Å². The van der Waals surface area contributed by atoms with Crippen LogP contribution in [-0.4, -0.2) is 65.0 Å². The Morgan fingerprint density at radius 1 is 1.30 bits per heavy atom. The first-order valence-corrected chi connectivity index (χ1v) is 6.64. The number of aromatic nitrogens is 1. The lowest BCUT2D eigenvalue weighted by molar-refractivity contribution is 0.0652. The molecule has 1 aliphatic rings. The maximum Gasteiger partial charge on any atom is 0.337 e. The third-order valence-corrected chi connectivity index (χ3v) is 3.71. The molecule has 6 heteroatoms. The van der Waals surface area contributed by atoms with Crippen molar-refractivity contribution in [2.75, 3.05) is 27.2 Å². The van der Waals surface area contributed by atoms with Gasteiger partial charge in [0.2, 0.25) is 0 Å². The number of nitrogens with zero attached hydrogens (tertiary/aromatic N) is 3. The average Bonchev–Trinajstić information content (AvgIpc) is 2.46. The molecular weight excluding hydrogens is 258 g/mol. The first-order valence-electron chi connectivity index (χ1n) is 6.64. The minimum absolute atomic E-state index is 0.0906. The third-order valence-electron chi connectivity index (χ3n) is 3.71. The minimum Gasteiger partial charge on any atom is -0.478 e. The zero-order valence-electron chi connectivity index (χ0n) is 11.7. The molecule has 1 aromatic rings. The Hall–Kier alpha value is -1.95. The second-order valence-corrected chi connectivity index (χ2v) is 5.22. The molecule has 0 aliphatic carbocycles. The van der Waals surface area contributed by atoms with Gasteiger partial charge in [-0.25, -0.2) is 4.79 Å². The van der Waals surface area contributed by atoms with E-state index in [0.29, 0.717) is 24.8 Å². The zero-order chi connectivity index (χ0) is 14.7. The summed E-state index contributed by atoms with van der Waals surface area (Å²) in [5, 5.41) is 8.80. The summed E-state index contributed by atoms with van der Waals surface area (Å²) < 4.78 is 0. The van der Waals surface area contributed by atoms with Crippen LogP contribution in [0.3, 0.4) is 0 Å². The smallest absolute Gasteiger partial charge is 0.337 e. The molecule has 108 valence electrons.